The fourth-order valence-electron chi connectivity index (χ4n) is 7.65. The van der Waals surface area contributed by atoms with Crippen molar-refractivity contribution >= 4 is 5.91 Å². The van der Waals surface area contributed by atoms with Gasteiger partial charge in [-0.15, -0.1) is 0 Å². The van der Waals surface area contributed by atoms with Crippen LogP contribution in [0.5, 0.6) is 0 Å². The molecule has 1 amide bonds. The highest BCUT2D eigenvalue weighted by Crippen LogP contribution is 2.17. The number of unbranched alkanes of at least 4 members (excludes halogenated alkanes) is 36. The number of hydrogen-bond acceptors (Lipinski definition) is 3. The maximum absolute atomic E-state index is 12.4. The average molecular weight is 760 g/mol. The maximum Gasteiger partial charge on any atom is 0.220 e. The molecular formula is C50H97NO3. The first-order chi connectivity index (χ1) is 26.7. The molecule has 0 saturated carbocycles. The van der Waals surface area contributed by atoms with Crippen molar-refractivity contribution in [3.05, 3.63) is 24.3 Å². The van der Waals surface area contributed by atoms with Gasteiger partial charge in [0.15, 0.2) is 0 Å². The van der Waals surface area contributed by atoms with Crippen molar-refractivity contribution in [2.24, 2.45) is 0 Å². The number of carbonyl (C=O) groups is 1. The summed E-state index contributed by atoms with van der Waals surface area (Å²) in [5, 5.41) is 23.0. The van der Waals surface area contributed by atoms with Crippen molar-refractivity contribution < 1.29 is 15.0 Å². The van der Waals surface area contributed by atoms with E-state index in [4.69, 9.17) is 0 Å². The van der Waals surface area contributed by atoms with E-state index in [1.54, 1.807) is 6.08 Å². The lowest BCUT2D eigenvalue weighted by atomic mass is 10.0. The molecule has 0 aliphatic carbocycles. The molecule has 0 fully saturated rings. The van der Waals surface area contributed by atoms with Gasteiger partial charge in [-0.2, -0.15) is 0 Å². The van der Waals surface area contributed by atoms with Crippen LogP contribution >= 0.6 is 0 Å². The lowest BCUT2D eigenvalue weighted by molar-refractivity contribution is -0.123. The number of amides is 1. The van der Waals surface area contributed by atoms with Gasteiger partial charge in [0.25, 0.3) is 0 Å². The Labute approximate surface area is 339 Å². The minimum absolute atomic E-state index is 0.0626. The monoisotopic (exact) mass is 760 g/mol. The minimum Gasteiger partial charge on any atom is -0.394 e. The van der Waals surface area contributed by atoms with Crippen molar-refractivity contribution in [3.63, 3.8) is 0 Å². The van der Waals surface area contributed by atoms with Crippen LogP contribution in [0.3, 0.4) is 0 Å². The van der Waals surface area contributed by atoms with E-state index in [1.165, 1.54) is 225 Å². The quantitative estimate of drug-likeness (QED) is 0.0428. The lowest BCUT2D eigenvalue weighted by Crippen LogP contribution is -2.45. The molecule has 2 atom stereocenters. The second-order valence-corrected chi connectivity index (χ2v) is 16.9. The van der Waals surface area contributed by atoms with Crippen molar-refractivity contribution in [1.82, 2.24) is 5.32 Å². The second kappa shape index (κ2) is 46.3. The van der Waals surface area contributed by atoms with Crippen LogP contribution in [0, 0.1) is 0 Å². The smallest absolute Gasteiger partial charge is 0.220 e. The number of rotatable bonds is 45. The van der Waals surface area contributed by atoms with Gasteiger partial charge in [-0.1, -0.05) is 250 Å². The zero-order valence-corrected chi connectivity index (χ0v) is 36.8. The first-order valence-corrected chi connectivity index (χ1v) is 24.6. The van der Waals surface area contributed by atoms with Crippen LogP contribution < -0.4 is 5.32 Å². The predicted molar refractivity (Wildman–Crippen MR) is 239 cm³/mol. The number of hydrogen-bond donors (Lipinski definition) is 3. The first-order valence-electron chi connectivity index (χ1n) is 24.6. The fraction of sp³-hybridized carbons (Fsp3) is 0.900. The molecule has 0 heterocycles. The molecule has 0 aromatic carbocycles. The van der Waals surface area contributed by atoms with E-state index in [-0.39, 0.29) is 12.5 Å². The topological polar surface area (TPSA) is 69.6 Å². The van der Waals surface area contributed by atoms with Gasteiger partial charge in [-0.25, -0.2) is 0 Å². The number of aliphatic hydroxyl groups is 2. The Morgan fingerprint density at radius 2 is 0.741 bits per heavy atom. The van der Waals surface area contributed by atoms with Gasteiger partial charge in [0.05, 0.1) is 18.8 Å². The maximum atomic E-state index is 12.4. The van der Waals surface area contributed by atoms with E-state index in [2.05, 4.69) is 31.3 Å². The molecule has 0 radical (unpaired) electrons. The Morgan fingerprint density at radius 3 is 1.09 bits per heavy atom. The predicted octanol–water partition coefficient (Wildman–Crippen LogP) is 15.6. The molecule has 4 heteroatoms. The molecule has 0 aromatic heterocycles. The molecule has 54 heavy (non-hydrogen) atoms. The highest BCUT2D eigenvalue weighted by molar-refractivity contribution is 5.76. The van der Waals surface area contributed by atoms with Gasteiger partial charge in [0.2, 0.25) is 5.91 Å². The molecule has 0 rings (SSSR count). The van der Waals surface area contributed by atoms with E-state index in [0.29, 0.717) is 6.42 Å². The van der Waals surface area contributed by atoms with Crippen molar-refractivity contribution in [2.45, 2.75) is 283 Å². The second-order valence-electron chi connectivity index (χ2n) is 16.9. The molecule has 0 aliphatic heterocycles. The van der Waals surface area contributed by atoms with Gasteiger partial charge in [0, 0.05) is 6.42 Å². The molecule has 0 aliphatic rings. The largest absolute Gasteiger partial charge is 0.394 e. The standard InChI is InChI=1S/C50H97NO3/c1-3-5-7-9-11-13-15-17-18-19-20-21-22-23-24-25-26-27-28-29-30-31-32-34-36-38-40-42-44-46-50(54)51-48(47-52)49(53)45-43-41-39-37-35-33-16-14-12-10-8-6-4-2/h8,10,43,45,48-49,52-53H,3-7,9,11-42,44,46-47H2,1-2H3,(H,51,54)/b10-8-,45-43+/t48-,49+/m0/s1. The summed E-state index contributed by atoms with van der Waals surface area (Å²) in [4.78, 5) is 12.4. The van der Waals surface area contributed by atoms with Crippen LogP contribution in [0.25, 0.3) is 0 Å². The van der Waals surface area contributed by atoms with Crippen LogP contribution in [0.2, 0.25) is 0 Å². The van der Waals surface area contributed by atoms with Gasteiger partial charge < -0.3 is 15.5 Å². The molecule has 0 aromatic rings. The van der Waals surface area contributed by atoms with E-state index in [0.717, 1.165) is 25.7 Å². The fourth-order valence-corrected chi connectivity index (χ4v) is 7.65. The summed E-state index contributed by atoms with van der Waals surface area (Å²) in [6, 6.07) is -0.621. The third-order valence-electron chi connectivity index (χ3n) is 11.4. The molecule has 4 nitrogen and oxygen atoms in total. The zero-order chi connectivity index (χ0) is 39.3. The van der Waals surface area contributed by atoms with Crippen LogP contribution in [0.1, 0.15) is 271 Å². The summed E-state index contributed by atoms with van der Waals surface area (Å²) in [6.45, 7) is 4.27. The molecule has 0 unspecified atom stereocenters. The molecule has 0 bridgehead atoms. The average Bonchev–Trinajstić information content (AvgIpc) is 3.18. The number of aliphatic hydroxyl groups excluding tert-OH is 2. The Kier molecular flexibility index (Phi) is 45.3. The first kappa shape index (κ1) is 52.9. The van der Waals surface area contributed by atoms with Crippen molar-refractivity contribution in [3.8, 4) is 0 Å². The normalized spacial score (nSPS) is 13.0. The van der Waals surface area contributed by atoms with E-state index >= 15 is 0 Å². The molecule has 3 N–H and O–H groups in total. The summed E-state index contributed by atoms with van der Waals surface area (Å²) >= 11 is 0. The van der Waals surface area contributed by atoms with Crippen LogP contribution in [0.15, 0.2) is 24.3 Å². The van der Waals surface area contributed by atoms with Crippen LogP contribution in [-0.2, 0) is 4.79 Å². The van der Waals surface area contributed by atoms with E-state index < -0.39 is 12.1 Å². The van der Waals surface area contributed by atoms with Gasteiger partial charge in [0.1, 0.15) is 0 Å². The summed E-state index contributed by atoms with van der Waals surface area (Å²) in [6.07, 6.45) is 60.3. The lowest BCUT2D eigenvalue weighted by Gasteiger charge is -2.20. The summed E-state index contributed by atoms with van der Waals surface area (Å²) in [7, 11) is 0. The van der Waals surface area contributed by atoms with Gasteiger partial charge in [-0.05, 0) is 38.5 Å². The Hall–Kier alpha value is -1.13. The number of allylic oxidation sites excluding steroid dienone is 3. The minimum atomic E-state index is -0.840. The zero-order valence-electron chi connectivity index (χ0n) is 36.8. The molecule has 0 spiro atoms. The highest BCUT2D eigenvalue weighted by Gasteiger charge is 2.18. The third kappa shape index (κ3) is 42.0. The summed E-state index contributed by atoms with van der Waals surface area (Å²) in [5.74, 6) is -0.0626. The summed E-state index contributed by atoms with van der Waals surface area (Å²) < 4.78 is 0. The van der Waals surface area contributed by atoms with Gasteiger partial charge >= 0.3 is 0 Å². The summed E-state index contributed by atoms with van der Waals surface area (Å²) in [5.41, 5.74) is 0. The Balaban J connectivity index is 3.42. The van der Waals surface area contributed by atoms with Crippen molar-refractivity contribution in [2.75, 3.05) is 6.61 Å². The van der Waals surface area contributed by atoms with E-state index in [1.807, 2.05) is 6.08 Å². The molecular weight excluding hydrogens is 663 g/mol. The molecule has 0 saturated heterocycles. The highest BCUT2D eigenvalue weighted by atomic mass is 16.3. The van der Waals surface area contributed by atoms with E-state index in [9.17, 15) is 15.0 Å². The van der Waals surface area contributed by atoms with Gasteiger partial charge in [-0.3, -0.25) is 4.79 Å². The number of carbonyl (C=O) groups excluding carboxylic acids is 1. The Bertz CT molecular complexity index is 780. The number of nitrogens with one attached hydrogen (secondary N) is 1. The molecule has 320 valence electrons. The van der Waals surface area contributed by atoms with Crippen LogP contribution in [0.4, 0.5) is 0 Å². The van der Waals surface area contributed by atoms with Crippen molar-refractivity contribution in [1.29, 1.82) is 0 Å². The SMILES string of the molecule is CCC/C=C\CCCCCCCC/C=C/[C@@H](O)[C@H](CO)NC(=O)CCCCCCCCCCCCCCCCCCCCCCCCCCCCCCC. The Morgan fingerprint density at radius 1 is 0.426 bits per heavy atom. The third-order valence-corrected chi connectivity index (χ3v) is 11.4. The van der Waals surface area contributed by atoms with Crippen LogP contribution in [-0.4, -0.2) is 34.9 Å².